The first kappa shape index (κ1) is 24.6. The molecule has 0 radical (unpaired) electrons. The minimum absolute atomic E-state index is 0. The molecule has 0 unspecified atom stereocenters. The molecule has 1 amide bonds. The second-order valence-electron chi connectivity index (χ2n) is 5.84. The van der Waals surface area contributed by atoms with Crippen LogP contribution in [0.5, 0.6) is 5.75 Å². The Kier molecular flexibility index (Phi) is 11.0. The smallest absolute Gasteiger partial charge is 0.251 e. The molecular formula is C20H25F2IN4O2. The number of carbonyl (C=O) groups is 1. The third kappa shape index (κ3) is 8.22. The van der Waals surface area contributed by atoms with Crippen molar-refractivity contribution in [3.63, 3.8) is 0 Å². The Balaban J connectivity index is 0.00000420. The molecule has 0 bridgehead atoms. The fourth-order valence-corrected chi connectivity index (χ4v) is 2.37. The van der Waals surface area contributed by atoms with Gasteiger partial charge in [-0.3, -0.25) is 4.79 Å². The summed E-state index contributed by atoms with van der Waals surface area (Å²) < 4.78 is 32.0. The molecule has 9 heteroatoms. The van der Waals surface area contributed by atoms with E-state index in [9.17, 15) is 13.6 Å². The molecule has 0 aliphatic rings. The molecule has 29 heavy (non-hydrogen) atoms. The summed E-state index contributed by atoms with van der Waals surface area (Å²) in [5.74, 6) is -0.0870. The molecule has 0 aliphatic carbocycles. The van der Waals surface area contributed by atoms with Gasteiger partial charge in [0.25, 0.3) is 5.91 Å². The number of ether oxygens (including phenoxy) is 1. The Labute approximate surface area is 186 Å². The number of hydrogen-bond donors (Lipinski definition) is 3. The number of rotatable bonds is 8. The molecule has 6 nitrogen and oxygen atoms in total. The van der Waals surface area contributed by atoms with Gasteiger partial charge in [-0.1, -0.05) is 0 Å². The first-order valence-electron chi connectivity index (χ1n) is 8.92. The summed E-state index contributed by atoms with van der Waals surface area (Å²) >= 11 is 0. The Morgan fingerprint density at radius 2 is 1.72 bits per heavy atom. The first-order valence-corrected chi connectivity index (χ1v) is 8.92. The number of methoxy groups -OCH3 is 1. The van der Waals surface area contributed by atoms with Crippen molar-refractivity contribution < 1.29 is 18.3 Å². The van der Waals surface area contributed by atoms with Crippen molar-refractivity contribution in [3.05, 3.63) is 65.2 Å². The molecule has 2 rings (SSSR count). The minimum Gasteiger partial charge on any atom is -0.497 e. The Hall–Kier alpha value is -2.43. The highest BCUT2D eigenvalue weighted by Gasteiger charge is 2.06. The molecule has 0 saturated carbocycles. The number of nitrogens with one attached hydrogen (secondary N) is 3. The molecule has 3 N–H and O–H groups in total. The van der Waals surface area contributed by atoms with Gasteiger partial charge in [0, 0.05) is 30.8 Å². The molecule has 0 fully saturated rings. The SMILES string of the molecule is CCNC(=NCc1cc(F)ccc1F)NCCNC(=O)c1ccc(OC)cc1.I. The van der Waals surface area contributed by atoms with Crippen molar-refractivity contribution in [2.24, 2.45) is 4.99 Å². The van der Waals surface area contributed by atoms with Crippen molar-refractivity contribution in [2.45, 2.75) is 13.5 Å². The predicted octanol–water partition coefficient (Wildman–Crippen LogP) is 3.08. The maximum absolute atomic E-state index is 13.7. The summed E-state index contributed by atoms with van der Waals surface area (Å²) in [6.45, 7) is 3.28. The molecule has 158 valence electrons. The van der Waals surface area contributed by atoms with Gasteiger partial charge in [0.15, 0.2) is 5.96 Å². The van der Waals surface area contributed by atoms with Crippen LogP contribution in [0.2, 0.25) is 0 Å². The van der Waals surface area contributed by atoms with Crippen molar-refractivity contribution in [1.82, 2.24) is 16.0 Å². The van der Waals surface area contributed by atoms with Crippen LogP contribution in [0.25, 0.3) is 0 Å². The van der Waals surface area contributed by atoms with Gasteiger partial charge in [0.05, 0.1) is 13.7 Å². The van der Waals surface area contributed by atoms with Gasteiger partial charge in [-0.25, -0.2) is 13.8 Å². The highest BCUT2D eigenvalue weighted by Crippen LogP contribution is 2.11. The summed E-state index contributed by atoms with van der Waals surface area (Å²) in [4.78, 5) is 16.3. The lowest BCUT2D eigenvalue weighted by Gasteiger charge is -2.12. The number of hydrogen-bond acceptors (Lipinski definition) is 3. The van der Waals surface area contributed by atoms with E-state index in [1.54, 1.807) is 31.4 Å². The van der Waals surface area contributed by atoms with Gasteiger partial charge in [-0.15, -0.1) is 24.0 Å². The van der Waals surface area contributed by atoms with Gasteiger partial charge >= 0.3 is 0 Å². The van der Waals surface area contributed by atoms with E-state index in [2.05, 4.69) is 20.9 Å². The lowest BCUT2D eigenvalue weighted by atomic mass is 10.2. The lowest BCUT2D eigenvalue weighted by molar-refractivity contribution is 0.0954. The Bertz CT molecular complexity index is 817. The number of halogens is 3. The molecule has 0 aromatic heterocycles. The zero-order valence-corrected chi connectivity index (χ0v) is 18.6. The average Bonchev–Trinajstić information content (AvgIpc) is 2.71. The molecule has 0 aliphatic heterocycles. The monoisotopic (exact) mass is 518 g/mol. The van der Waals surface area contributed by atoms with Crippen LogP contribution in [0, 0.1) is 11.6 Å². The predicted molar refractivity (Wildman–Crippen MR) is 120 cm³/mol. The summed E-state index contributed by atoms with van der Waals surface area (Å²) in [6, 6.07) is 10.1. The van der Waals surface area contributed by atoms with E-state index in [0.29, 0.717) is 36.9 Å². The number of benzene rings is 2. The van der Waals surface area contributed by atoms with E-state index in [1.165, 1.54) is 0 Å². The van der Waals surface area contributed by atoms with E-state index >= 15 is 0 Å². The van der Waals surface area contributed by atoms with E-state index in [4.69, 9.17) is 4.74 Å². The third-order valence-corrected chi connectivity index (χ3v) is 3.81. The fourth-order valence-electron chi connectivity index (χ4n) is 2.37. The van der Waals surface area contributed by atoms with E-state index in [-0.39, 0.29) is 42.0 Å². The third-order valence-electron chi connectivity index (χ3n) is 3.81. The zero-order valence-electron chi connectivity index (χ0n) is 16.3. The number of carbonyl (C=O) groups excluding carboxylic acids is 1. The van der Waals surface area contributed by atoms with Crippen LogP contribution in [0.3, 0.4) is 0 Å². The van der Waals surface area contributed by atoms with Crippen molar-refractivity contribution in [3.8, 4) is 5.75 Å². The van der Waals surface area contributed by atoms with Crippen LogP contribution >= 0.6 is 24.0 Å². The molecule has 0 saturated heterocycles. The summed E-state index contributed by atoms with van der Waals surface area (Å²) in [5, 5.41) is 8.84. The number of aliphatic imine (C=N–C) groups is 1. The maximum atomic E-state index is 13.7. The van der Waals surface area contributed by atoms with Gasteiger partial charge in [0.1, 0.15) is 17.4 Å². The molecule has 0 heterocycles. The van der Waals surface area contributed by atoms with Crippen LogP contribution in [0.15, 0.2) is 47.5 Å². The van der Waals surface area contributed by atoms with Gasteiger partial charge in [0.2, 0.25) is 0 Å². The fraction of sp³-hybridized carbons (Fsp3) is 0.300. The van der Waals surface area contributed by atoms with Crippen LogP contribution in [0.4, 0.5) is 8.78 Å². The van der Waals surface area contributed by atoms with E-state index in [0.717, 1.165) is 18.2 Å². The van der Waals surface area contributed by atoms with Crippen LogP contribution in [-0.4, -0.2) is 38.6 Å². The normalized spacial score (nSPS) is 10.7. The van der Waals surface area contributed by atoms with Crippen LogP contribution < -0.4 is 20.7 Å². The standard InChI is InChI=1S/C20H24F2N4O2.HI/c1-3-23-20(26-13-15-12-16(21)6-9-18(15)22)25-11-10-24-19(27)14-4-7-17(28-2)8-5-14;/h4-9,12H,3,10-11,13H2,1-2H3,(H,24,27)(H2,23,25,26);1H. The van der Waals surface area contributed by atoms with Crippen LogP contribution in [-0.2, 0) is 6.54 Å². The van der Waals surface area contributed by atoms with Crippen molar-refractivity contribution in [2.75, 3.05) is 26.7 Å². The molecule has 0 atom stereocenters. The highest BCUT2D eigenvalue weighted by molar-refractivity contribution is 14.0. The summed E-state index contributed by atoms with van der Waals surface area (Å²) in [5.41, 5.74) is 0.702. The van der Waals surface area contributed by atoms with Crippen molar-refractivity contribution in [1.29, 1.82) is 0 Å². The van der Waals surface area contributed by atoms with Gasteiger partial charge in [-0.2, -0.15) is 0 Å². The van der Waals surface area contributed by atoms with E-state index < -0.39 is 11.6 Å². The molecular weight excluding hydrogens is 493 g/mol. The zero-order chi connectivity index (χ0) is 20.4. The topological polar surface area (TPSA) is 74.8 Å². The average molecular weight is 518 g/mol. The quantitative estimate of drug-likeness (QED) is 0.218. The lowest BCUT2D eigenvalue weighted by Crippen LogP contribution is -2.41. The molecule has 0 spiro atoms. The number of nitrogens with zero attached hydrogens (tertiary/aromatic N) is 1. The van der Waals surface area contributed by atoms with Gasteiger partial charge in [-0.05, 0) is 49.4 Å². The molecule has 2 aromatic carbocycles. The van der Waals surface area contributed by atoms with Crippen LogP contribution in [0.1, 0.15) is 22.8 Å². The first-order chi connectivity index (χ1) is 13.5. The number of amides is 1. The molecule has 2 aromatic rings. The largest absolute Gasteiger partial charge is 0.497 e. The van der Waals surface area contributed by atoms with E-state index in [1.807, 2.05) is 6.92 Å². The second kappa shape index (κ2) is 12.9. The maximum Gasteiger partial charge on any atom is 0.251 e. The Morgan fingerprint density at radius 3 is 2.38 bits per heavy atom. The minimum atomic E-state index is -0.509. The number of guanidine groups is 1. The Morgan fingerprint density at radius 1 is 1.03 bits per heavy atom. The van der Waals surface area contributed by atoms with Crippen molar-refractivity contribution >= 4 is 35.8 Å². The van der Waals surface area contributed by atoms with Gasteiger partial charge < -0.3 is 20.7 Å². The summed E-state index contributed by atoms with van der Waals surface area (Å²) in [7, 11) is 1.56. The second-order valence-corrected chi connectivity index (χ2v) is 5.84. The summed E-state index contributed by atoms with van der Waals surface area (Å²) in [6.07, 6.45) is 0. The highest BCUT2D eigenvalue weighted by atomic mass is 127.